The van der Waals surface area contributed by atoms with Crippen molar-refractivity contribution in [3.63, 3.8) is 0 Å². The number of carbonyl (C=O) groups excluding carboxylic acids is 2. The fraction of sp³-hybridized carbons (Fsp3) is 0.600. The molecule has 1 saturated heterocycles. The van der Waals surface area contributed by atoms with Gasteiger partial charge in [-0.2, -0.15) is 0 Å². The van der Waals surface area contributed by atoms with Gasteiger partial charge in [0.1, 0.15) is 0 Å². The Labute approximate surface area is 144 Å². The van der Waals surface area contributed by atoms with Crippen molar-refractivity contribution >= 4 is 11.8 Å². The van der Waals surface area contributed by atoms with E-state index in [1.807, 2.05) is 4.90 Å². The second-order valence-corrected chi connectivity index (χ2v) is 8.08. The van der Waals surface area contributed by atoms with Gasteiger partial charge in [0.05, 0.1) is 6.54 Å². The second kappa shape index (κ2) is 6.58. The molecule has 1 heterocycles. The molecule has 0 bridgehead atoms. The summed E-state index contributed by atoms with van der Waals surface area (Å²) in [5.74, 6) is 0.213. The molecule has 1 aromatic rings. The maximum atomic E-state index is 12.4. The van der Waals surface area contributed by atoms with E-state index in [-0.39, 0.29) is 23.8 Å². The maximum Gasteiger partial charge on any atom is 0.242 e. The van der Waals surface area contributed by atoms with Gasteiger partial charge in [-0.1, -0.05) is 45.0 Å². The molecule has 0 atom stereocenters. The molecule has 1 saturated carbocycles. The van der Waals surface area contributed by atoms with Crippen molar-refractivity contribution < 1.29 is 9.59 Å². The van der Waals surface area contributed by atoms with E-state index in [1.54, 1.807) is 4.90 Å². The molecule has 0 N–H and O–H groups in total. The standard InChI is InChI=1S/C20H28N2O2/c1-20(2,3)16-7-4-15(5-8-16)6-11-18(23)21-12-13-22(17-9-10-17)19(24)14-21/h4-5,7-8,17H,6,9-14H2,1-3H3. The number of nitrogens with zero attached hydrogens (tertiary/aromatic N) is 2. The van der Waals surface area contributed by atoms with Crippen LogP contribution in [0, 0.1) is 0 Å². The van der Waals surface area contributed by atoms with Gasteiger partial charge in [-0.15, -0.1) is 0 Å². The number of piperazine rings is 1. The van der Waals surface area contributed by atoms with Crippen LogP contribution in [-0.2, 0) is 21.4 Å². The molecule has 0 unspecified atom stereocenters. The number of hydrogen-bond donors (Lipinski definition) is 0. The van der Waals surface area contributed by atoms with Crippen LogP contribution in [0.2, 0.25) is 0 Å². The molecule has 1 aliphatic heterocycles. The lowest BCUT2D eigenvalue weighted by atomic mass is 9.86. The molecule has 1 aliphatic carbocycles. The van der Waals surface area contributed by atoms with Crippen LogP contribution in [0.25, 0.3) is 0 Å². The van der Waals surface area contributed by atoms with E-state index >= 15 is 0 Å². The van der Waals surface area contributed by atoms with E-state index in [9.17, 15) is 9.59 Å². The highest BCUT2D eigenvalue weighted by atomic mass is 16.2. The molecule has 1 aromatic carbocycles. The van der Waals surface area contributed by atoms with E-state index in [2.05, 4.69) is 45.0 Å². The highest BCUT2D eigenvalue weighted by molar-refractivity contribution is 5.86. The lowest BCUT2D eigenvalue weighted by Gasteiger charge is -2.34. The molecular weight excluding hydrogens is 300 g/mol. The van der Waals surface area contributed by atoms with E-state index in [4.69, 9.17) is 0 Å². The van der Waals surface area contributed by atoms with Crippen molar-refractivity contribution in [3.05, 3.63) is 35.4 Å². The van der Waals surface area contributed by atoms with Crippen LogP contribution >= 0.6 is 0 Å². The smallest absolute Gasteiger partial charge is 0.242 e. The van der Waals surface area contributed by atoms with Gasteiger partial charge in [-0.25, -0.2) is 0 Å². The Morgan fingerprint density at radius 3 is 2.33 bits per heavy atom. The first-order chi connectivity index (χ1) is 11.3. The van der Waals surface area contributed by atoms with Gasteiger partial charge in [0.25, 0.3) is 0 Å². The van der Waals surface area contributed by atoms with Gasteiger partial charge >= 0.3 is 0 Å². The Morgan fingerprint density at radius 1 is 1.12 bits per heavy atom. The number of rotatable bonds is 4. The third kappa shape index (κ3) is 3.97. The Bertz CT molecular complexity index is 612. The van der Waals surface area contributed by atoms with E-state index in [0.717, 1.165) is 19.3 Å². The molecule has 24 heavy (non-hydrogen) atoms. The molecule has 2 fully saturated rings. The Morgan fingerprint density at radius 2 is 1.79 bits per heavy atom. The average molecular weight is 328 g/mol. The summed E-state index contributed by atoms with van der Waals surface area (Å²) in [4.78, 5) is 28.2. The van der Waals surface area contributed by atoms with Crippen molar-refractivity contribution in [1.29, 1.82) is 0 Å². The van der Waals surface area contributed by atoms with Crippen molar-refractivity contribution in [2.24, 2.45) is 0 Å². The molecule has 130 valence electrons. The van der Waals surface area contributed by atoms with Gasteiger partial charge in [-0.3, -0.25) is 9.59 Å². The van der Waals surface area contributed by atoms with Crippen molar-refractivity contribution in [3.8, 4) is 0 Å². The minimum Gasteiger partial charge on any atom is -0.336 e. The molecule has 0 aromatic heterocycles. The van der Waals surface area contributed by atoms with E-state index in [0.29, 0.717) is 25.6 Å². The van der Waals surface area contributed by atoms with Crippen LogP contribution in [0.4, 0.5) is 0 Å². The third-order valence-electron chi connectivity index (χ3n) is 5.05. The zero-order valence-electron chi connectivity index (χ0n) is 15.0. The maximum absolute atomic E-state index is 12.4. The summed E-state index contributed by atoms with van der Waals surface area (Å²) < 4.78 is 0. The summed E-state index contributed by atoms with van der Waals surface area (Å²) in [6.45, 7) is 8.25. The number of carbonyl (C=O) groups is 2. The fourth-order valence-electron chi connectivity index (χ4n) is 3.25. The molecule has 2 aliphatic rings. The molecule has 3 rings (SSSR count). The van der Waals surface area contributed by atoms with Crippen LogP contribution < -0.4 is 0 Å². The first-order valence-corrected chi connectivity index (χ1v) is 9.01. The average Bonchev–Trinajstić information content (AvgIpc) is 3.37. The van der Waals surface area contributed by atoms with Crippen LogP contribution in [-0.4, -0.2) is 47.3 Å². The van der Waals surface area contributed by atoms with Gasteiger partial charge in [0.2, 0.25) is 11.8 Å². The SMILES string of the molecule is CC(C)(C)c1ccc(CCC(=O)N2CCN(C3CC3)C(=O)C2)cc1. The van der Waals surface area contributed by atoms with Gasteiger partial charge in [-0.05, 0) is 35.8 Å². The predicted octanol–water partition coefficient (Wildman–Crippen LogP) is 2.75. The van der Waals surface area contributed by atoms with Gasteiger partial charge < -0.3 is 9.80 Å². The Hall–Kier alpha value is -1.84. The number of benzene rings is 1. The zero-order valence-corrected chi connectivity index (χ0v) is 15.0. The normalized spacial score (nSPS) is 18.9. The van der Waals surface area contributed by atoms with E-state index < -0.39 is 0 Å². The predicted molar refractivity (Wildman–Crippen MR) is 94.8 cm³/mol. The highest BCUT2D eigenvalue weighted by Crippen LogP contribution is 2.28. The molecular formula is C20H28N2O2. The van der Waals surface area contributed by atoms with Crippen LogP contribution in [0.5, 0.6) is 0 Å². The van der Waals surface area contributed by atoms with Crippen LogP contribution in [0.15, 0.2) is 24.3 Å². The zero-order chi connectivity index (χ0) is 17.3. The molecule has 0 spiro atoms. The third-order valence-corrected chi connectivity index (χ3v) is 5.05. The summed E-state index contributed by atoms with van der Waals surface area (Å²) in [7, 11) is 0. The highest BCUT2D eigenvalue weighted by Gasteiger charge is 2.36. The molecule has 4 heteroatoms. The number of hydrogen-bond acceptors (Lipinski definition) is 2. The molecule has 4 nitrogen and oxygen atoms in total. The summed E-state index contributed by atoms with van der Waals surface area (Å²) in [6.07, 6.45) is 3.47. The minimum atomic E-state index is 0.0960. The van der Waals surface area contributed by atoms with Crippen LogP contribution in [0.1, 0.15) is 51.2 Å². The summed E-state index contributed by atoms with van der Waals surface area (Å²) in [6, 6.07) is 8.99. The summed E-state index contributed by atoms with van der Waals surface area (Å²) in [5, 5.41) is 0. The largest absolute Gasteiger partial charge is 0.336 e. The molecule has 2 amide bonds. The second-order valence-electron chi connectivity index (χ2n) is 8.08. The fourth-order valence-corrected chi connectivity index (χ4v) is 3.25. The topological polar surface area (TPSA) is 40.6 Å². The lowest BCUT2D eigenvalue weighted by Crippen LogP contribution is -2.52. The summed E-state index contributed by atoms with van der Waals surface area (Å²) in [5.41, 5.74) is 2.63. The minimum absolute atomic E-state index is 0.0960. The van der Waals surface area contributed by atoms with Crippen molar-refractivity contribution in [1.82, 2.24) is 9.80 Å². The van der Waals surface area contributed by atoms with Gasteiger partial charge in [0.15, 0.2) is 0 Å². The van der Waals surface area contributed by atoms with Crippen molar-refractivity contribution in [2.45, 2.75) is 57.9 Å². The monoisotopic (exact) mass is 328 g/mol. The lowest BCUT2D eigenvalue weighted by molar-refractivity contribution is -0.145. The first-order valence-electron chi connectivity index (χ1n) is 9.01. The first kappa shape index (κ1) is 17.0. The Kier molecular flexibility index (Phi) is 4.66. The quantitative estimate of drug-likeness (QED) is 0.853. The number of aryl methyl sites for hydroxylation is 1. The van der Waals surface area contributed by atoms with Crippen LogP contribution in [0.3, 0.4) is 0 Å². The number of amides is 2. The van der Waals surface area contributed by atoms with Gasteiger partial charge in [0, 0.05) is 25.6 Å². The summed E-state index contributed by atoms with van der Waals surface area (Å²) >= 11 is 0. The van der Waals surface area contributed by atoms with Crippen molar-refractivity contribution in [2.75, 3.05) is 19.6 Å². The molecule has 0 radical (unpaired) electrons. The van der Waals surface area contributed by atoms with E-state index in [1.165, 1.54) is 11.1 Å². The Balaban J connectivity index is 1.49.